The number of halogens is 1. The number of hydrogen-bond acceptors (Lipinski definition) is 1. The molecule has 0 aliphatic carbocycles. The Morgan fingerprint density at radius 1 is 1.29 bits per heavy atom. The number of benzene rings is 1. The molecule has 0 bridgehead atoms. The molecule has 0 aliphatic rings. The maximum Gasteiger partial charge on any atom is 0.123 e. The second kappa shape index (κ2) is 5.76. The van der Waals surface area contributed by atoms with Gasteiger partial charge >= 0.3 is 0 Å². The molecular formula is C12H17FO. The van der Waals surface area contributed by atoms with Crippen LogP contribution in [-0.2, 0) is 11.2 Å². The third kappa shape index (κ3) is 3.46. The summed E-state index contributed by atoms with van der Waals surface area (Å²) in [4.78, 5) is 0. The summed E-state index contributed by atoms with van der Waals surface area (Å²) < 4.78 is 17.9. The van der Waals surface area contributed by atoms with Gasteiger partial charge in [0.05, 0.1) is 6.10 Å². The van der Waals surface area contributed by atoms with E-state index >= 15 is 0 Å². The second-order valence-corrected chi connectivity index (χ2v) is 3.43. The Hall–Kier alpha value is -0.890. The molecule has 0 saturated heterocycles. The molecule has 0 fully saturated rings. The number of ether oxygens (including phenoxy) is 1. The average molecular weight is 196 g/mol. The third-order valence-corrected chi connectivity index (χ3v) is 2.46. The van der Waals surface area contributed by atoms with Gasteiger partial charge in [-0.25, -0.2) is 4.39 Å². The summed E-state index contributed by atoms with van der Waals surface area (Å²) in [6, 6.07) is 6.67. The maximum absolute atomic E-state index is 12.6. The van der Waals surface area contributed by atoms with Crippen molar-refractivity contribution in [3.63, 3.8) is 0 Å². The first kappa shape index (κ1) is 11.2. The number of hydrogen-bond donors (Lipinski definition) is 0. The molecule has 1 atom stereocenters. The lowest BCUT2D eigenvalue weighted by atomic mass is 10.1. The van der Waals surface area contributed by atoms with Gasteiger partial charge in [0.25, 0.3) is 0 Å². The Morgan fingerprint density at radius 3 is 2.43 bits per heavy atom. The van der Waals surface area contributed by atoms with Crippen molar-refractivity contribution in [1.29, 1.82) is 0 Å². The van der Waals surface area contributed by atoms with Gasteiger partial charge < -0.3 is 4.74 Å². The predicted molar refractivity (Wildman–Crippen MR) is 55.8 cm³/mol. The summed E-state index contributed by atoms with van der Waals surface area (Å²) in [5.74, 6) is -0.174. The lowest BCUT2D eigenvalue weighted by molar-refractivity contribution is 0.0924. The van der Waals surface area contributed by atoms with Crippen molar-refractivity contribution in [1.82, 2.24) is 0 Å². The Labute approximate surface area is 84.9 Å². The highest BCUT2D eigenvalue weighted by molar-refractivity contribution is 5.16. The molecule has 0 amide bonds. The molecule has 0 spiro atoms. The van der Waals surface area contributed by atoms with Crippen molar-refractivity contribution in [2.24, 2.45) is 0 Å². The molecule has 0 heterocycles. The summed E-state index contributed by atoms with van der Waals surface area (Å²) in [7, 11) is 1.73. The van der Waals surface area contributed by atoms with Crippen LogP contribution >= 0.6 is 0 Å². The summed E-state index contributed by atoms with van der Waals surface area (Å²) in [5.41, 5.74) is 1.17. The Kier molecular flexibility index (Phi) is 4.60. The highest BCUT2D eigenvalue weighted by atomic mass is 19.1. The molecular weight excluding hydrogens is 179 g/mol. The van der Waals surface area contributed by atoms with Gasteiger partial charge in [-0.05, 0) is 37.0 Å². The van der Waals surface area contributed by atoms with E-state index in [9.17, 15) is 4.39 Å². The van der Waals surface area contributed by atoms with Gasteiger partial charge in [-0.2, -0.15) is 0 Å². The molecule has 0 saturated carbocycles. The van der Waals surface area contributed by atoms with Crippen molar-refractivity contribution in [2.45, 2.75) is 32.3 Å². The Balaban J connectivity index is 2.41. The molecule has 0 aromatic heterocycles. The first-order valence-electron chi connectivity index (χ1n) is 5.03. The van der Waals surface area contributed by atoms with Gasteiger partial charge in [-0.15, -0.1) is 0 Å². The minimum Gasteiger partial charge on any atom is -0.381 e. The lowest BCUT2D eigenvalue weighted by Gasteiger charge is -2.12. The molecule has 1 unspecified atom stereocenters. The van der Waals surface area contributed by atoms with E-state index in [1.807, 2.05) is 12.1 Å². The maximum atomic E-state index is 12.6. The summed E-state index contributed by atoms with van der Waals surface area (Å²) in [6.45, 7) is 2.11. The summed E-state index contributed by atoms with van der Waals surface area (Å²) >= 11 is 0. The molecule has 0 aliphatic heterocycles. The van der Waals surface area contributed by atoms with Crippen LogP contribution in [0.3, 0.4) is 0 Å². The Bertz CT molecular complexity index is 252. The number of rotatable bonds is 5. The monoisotopic (exact) mass is 196 g/mol. The minimum atomic E-state index is -0.174. The van der Waals surface area contributed by atoms with Crippen molar-refractivity contribution < 1.29 is 9.13 Å². The van der Waals surface area contributed by atoms with Gasteiger partial charge in [0.15, 0.2) is 0 Å². The molecule has 78 valence electrons. The second-order valence-electron chi connectivity index (χ2n) is 3.43. The molecule has 1 aromatic rings. The first-order valence-corrected chi connectivity index (χ1v) is 5.03. The van der Waals surface area contributed by atoms with Crippen molar-refractivity contribution in [2.75, 3.05) is 7.11 Å². The normalized spacial score (nSPS) is 12.8. The molecule has 1 rings (SSSR count). The van der Waals surface area contributed by atoms with Crippen molar-refractivity contribution in [3.05, 3.63) is 35.6 Å². The molecule has 0 N–H and O–H groups in total. The summed E-state index contributed by atoms with van der Waals surface area (Å²) in [5, 5.41) is 0. The van der Waals surface area contributed by atoms with Gasteiger partial charge in [0.2, 0.25) is 0 Å². The van der Waals surface area contributed by atoms with Crippen LogP contribution in [0, 0.1) is 5.82 Å². The topological polar surface area (TPSA) is 9.23 Å². The van der Waals surface area contributed by atoms with E-state index in [0.717, 1.165) is 19.3 Å². The predicted octanol–water partition coefficient (Wildman–Crippen LogP) is 3.18. The smallest absolute Gasteiger partial charge is 0.123 e. The minimum absolute atomic E-state index is 0.174. The zero-order valence-electron chi connectivity index (χ0n) is 8.79. The average Bonchev–Trinajstić information content (AvgIpc) is 2.22. The number of aryl methyl sites for hydroxylation is 1. The zero-order valence-corrected chi connectivity index (χ0v) is 8.79. The van der Waals surface area contributed by atoms with Crippen LogP contribution in [0.25, 0.3) is 0 Å². The van der Waals surface area contributed by atoms with Crippen LogP contribution in [0.2, 0.25) is 0 Å². The zero-order chi connectivity index (χ0) is 10.4. The van der Waals surface area contributed by atoms with Gasteiger partial charge in [0.1, 0.15) is 5.82 Å². The van der Waals surface area contributed by atoms with Crippen LogP contribution in [0.15, 0.2) is 24.3 Å². The molecule has 1 aromatic carbocycles. The highest BCUT2D eigenvalue weighted by Gasteiger charge is 2.04. The van der Waals surface area contributed by atoms with E-state index in [2.05, 4.69) is 6.92 Å². The van der Waals surface area contributed by atoms with Gasteiger partial charge in [-0.3, -0.25) is 0 Å². The van der Waals surface area contributed by atoms with Crippen LogP contribution in [0.1, 0.15) is 25.3 Å². The summed E-state index contributed by atoms with van der Waals surface area (Å²) in [6.07, 6.45) is 3.29. The van der Waals surface area contributed by atoms with E-state index in [1.54, 1.807) is 7.11 Å². The van der Waals surface area contributed by atoms with Crippen molar-refractivity contribution in [3.8, 4) is 0 Å². The molecule has 2 heteroatoms. The van der Waals surface area contributed by atoms with Gasteiger partial charge in [-0.1, -0.05) is 19.1 Å². The lowest BCUT2D eigenvalue weighted by Crippen LogP contribution is -2.09. The molecule has 14 heavy (non-hydrogen) atoms. The third-order valence-electron chi connectivity index (χ3n) is 2.46. The quantitative estimate of drug-likeness (QED) is 0.702. The van der Waals surface area contributed by atoms with Crippen LogP contribution in [0.5, 0.6) is 0 Å². The van der Waals surface area contributed by atoms with Crippen LogP contribution in [0.4, 0.5) is 4.39 Å². The van der Waals surface area contributed by atoms with E-state index in [-0.39, 0.29) is 5.82 Å². The molecule has 1 nitrogen and oxygen atoms in total. The highest BCUT2D eigenvalue weighted by Crippen LogP contribution is 2.10. The SMILES string of the molecule is CCC(CCc1ccc(F)cc1)OC. The standard InChI is InChI=1S/C12H17FO/c1-3-12(14-2)9-6-10-4-7-11(13)8-5-10/h4-5,7-8,12H,3,6,9H2,1-2H3. The van der Waals surface area contributed by atoms with Crippen LogP contribution in [-0.4, -0.2) is 13.2 Å². The van der Waals surface area contributed by atoms with E-state index in [0.29, 0.717) is 6.10 Å². The van der Waals surface area contributed by atoms with E-state index < -0.39 is 0 Å². The van der Waals surface area contributed by atoms with Crippen molar-refractivity contribution >= 4 is 0 Å². The van der Waals surface area contributed by atoms with Gasteiger partial charge in [0, 0.05) is 7.11 Å². The van der Waals surface area contributed by atoms with E-state index in [1.165, 1.54) is 17.7 Å². The fourth-order valence-electron chi connectivity index (χ4n) is 1.47. The van der Waals surface area contributed by atoms with Crippen LogP contribution < -0.4 is 0 Å². The largest absolute Gasteiger partial charge is 0.381 e. The fraction of sp³-hybridized carbons (Fsp3) is 0.500. The Morgan fingerprint density at radius 2 is 1.93 bits per heavy atom. The fourth-order valence-corrected chi connectivity index (χ4v) is 1.47. The van der Waals surface area contributed by atoms with E-state index in [4.69, 9.17) is 4.74 Å². The first-order chi connectivity index (χ1) is 6.76. The molecule has 0 radical (unpaired) electrons. The number of methoxy groups -OCH3 is 1.